The first-order valence-corrected chi connectivity index (χ1v) is 11.3. The molecule has 1 aliphatic rings. The summed E-state index contributed by atoms with van der Waals surface area (Å²) >= 11 is 19.0. The number of Topliss-reactive ketones (excluding diaryl/α,β-unsaturated/α-hetero) is 1. The van der Waals surface area contributed by atoms with Gasteiger partial charge in [0.25, 0.3) is 0 Å². The van der Waals surface area contributed by atoms with Gasteiger partial charge in [0.05, 0.1) is 26.5 Å². The number of unbranched alkanes of at least 4 members (excludes halogenated alkanes) is 1. The van der Waals surface area contributed by atoms with Crippen molar-refractivity contribution in [1.82, 2.24) is 15.1 Å². The number of nitrogens with zero attached hydrogens (tertiary/aromatic N) is 2. The van der Waals surface area contributed by atoms with Gasteiger partial charge in [-0.2, -0.15) is 0 Å². The number of thiocarbonyl (C=S) groups is 1. The lowest BCUT2D eigenvalue weighted by Crippen LogP contribution is -2.43. The Morgan fingerprint density at radius 2 is 1.97 bits per heavy atom. The Labute approximate surface area is 192 Å². The molecule has 4 nitrogen and oxygen atoms in total. The van der Waals surface area contributed by atoms with Crippen LogP contribution in [0.5, 0.6) is 0 Å². The number of nitrogens with one attached hydrogen (secondary N) is 1. The maximum Gasteiger partial charge on any atom is 0.173 e. The van der Waals surface area contributed by atoms with Gasteiger partial charge in [0.2, 0.25) is 0 Å². The Morgan fingerprint density at radius 3 is 2.59 bits per heavy atom. The smallest absolute Gasteiger partial charge is 0.173 e. The van der Waals surface area contributed by atoms with Crippen LogP contribution in [-0.4, -0.2) is 40.4 Å². The number of carbonyl (C=O) groups excluding carboxylic acids is 1. The number of thioether (sulfide) groups is 1. The van der Waals surface area contributed by atoms with Crippen molar-refractivity contribution < 1.29 is 4.79 Å². The van der Waals surface area contributed by atoms with Gasteiger partial charge < -0.3 is 15.1 Å². The molecule has 0 saturated carbocycles. The highest BCUT2D eigenvalue weighted by Gasteiger charge is 2.26. The van der Waals surface area contributed by atoms with Gasteiger partial charge in [-0.05, 0) is 31.5 Å². The molecule has 0 unspecified atom stereocenters. The fourth-order valence-corrected chi connectivity index (χ4v) is 4.08. The molecular formula is C21H25Cl2N3OS2. The minimum Gasteiger partial charge on any atom is -0.347 e. The monoisotopic (exact) mass is 469 g/mol. The third kappa shape index (κ3) is 5.79. The number of halogens is 2. The van der Waals surface area contributed by atoms with Crippen molar-refractivity contribution in [1.29, 1.82) is 0 Å². The fraction of sp³-hybridized carbons (Fsp3) is 0.333. The molecule has 1 aliphatic heterocycles. The summed E-state index contributed by atoms with van der Waals surface area (Å²) in [6.45, 7) is 8.17. The average Bonchev–Trinajstić information content (AvgIpc) is 2.71. The van der Waals surface area contributed by atoms with Crippen LogP contribution in [0.15, 0.2) is 53.1 Å². The molecule has 0 amide bonds. The summed E-state index contributed by atoms with van der Waals surface area (Å²) in [5, 5.41) is 5.14. The normalized spacial score (nSPS) is 15.3. The SMILES string of the molecule is C=C1N(C)C(=S)C(N/C(=C/CCC)SCC(=O)c2ccc(Cl)c(Cl)c2)=C(C)N1C. The standard InChI is InChI=1S/C21H25Cl2N3OS2/c1-6-7-8-19(24-20-13(2)25(4)14(3)26(5)21(20)28)29-12-18(27)15-9-10-16(22)17(23)11-15/h8-11,24H,3,6-7,12H2,1-2,4-5H3/b19-8-. The van der Waals surface area contributed by atoms with Gasteiger partial charge in [-0.1, -0.05) is 61.4 Å². The largest absolute Gasteiger partial charge is 0.347 e. The van der Waals surface area contributed by atoms with E-state index in [0.717, 1.165) is 35.1 Å². The number of ketones is 1. The Balaban J connectivity index is 2.17. The minimum atomic E-state index is -0.0164. The topological polar surface area (TPSA) is 35.6 Å². The highest BCUT2D eigenvalue weighted by molar-refractivity contribution is 8.03. The molecule has 1 aromatic carbocycles. The van der Waals surface area contributed by atoms with E-state index in [2.05, 4.69) is 24.9 Å². The Bertz CT molecular complexity index is 896. The molecule has 1 N–H and O–H groups in total. The van der Waals surface area contributed by atoms with Gasteiger partial charge >= 0.3 is 0 Å². The summed E-state index contributed by atoms with van der Waals surface area (Å²) < 4.78 is 0. The van der Waals surface area contributed by atoms with Gasteiger partial charge in [-0.15, -0.1) is 11.8 Å². The van der Waals surface area contributed by atoms with E-state index in [0.29, 0.717) is 20.6 Å². The van der Waals surface area contributed by atoms with Crippen LogP contribution in [0.2, 0.25) is 10.0 Å². The summed E-state index contributed by atoms with van der Waals surface area (Å²) in [6, 6.07) is 4.94. The number of rotatable bonds is 8. The molecule has 0 radical (unpaired) electrons. The third-order valence-electron chi connectivity index (χ3n) is 4.62. The van der Waals surface area contributed by atoms with Crippen molar-refractivity contribution in [3.05, 3.63) is 68.7 Å². The second-order valence-corrected chi connectivity index (χ2v) is 8.84. The third-order valence-corrected chi connectivity index (χ3v) is 6.83. The zero-order chi connectivity index (χ0) is 21.7. The zero-order valence-corrected chi connectivity index (χ0v) is 20.2. The van der Waals surface area contributed by atoms with Crippen LogP contribution in [0.4, 0.5) is 0 Å². The number of allylic oxidation sites excluding steroid dienone is 2. The number of hydrogen-bond acceptors (Lipinski definition) is 5. The van der Waals surface area contributed by atoms with Crippen LogP contribution < -0.4 is 5.32 Å². The Hall–Kier alpha value is -1.47. The van der Waals surface area contributed by atoms with Crippen molar-refractivity contribution in [3.63, 3.8) is 0 Å². The molecule has 2 rings (SSSR count). The lowest BCUT2D eigenvalue weighted by atomic mass is 10.1. The molecule has 8 heteroatoms. The van der Waals surface area contributed by atoms with Crippen LogP contribution in [0, 0.1) is 0 Å². The number of hydrogen-bond donors (Lipinski definition) is 1. The first kappa shape index (κ1) is 23.8. The van der Waals surface area contributed by atoms with E-state index < -0.39 is 0 Å². The second kappa shape index (κ2) is 10.5. The first-order valence-electron chi connectivity index (χ1n) is 9.17. The highest BCUT2D eigenvalue weighted by Crippen LogP contribution is 2.27. The second-order valence-electron chi connectivity index (χ2n) is 6.62. The quantitative estimate of drug-likeness (QED) is 0.368. The maximum atomic E-state index is 12.6. The van der Waals surface area contributed by atoms with Crippen molar-refractivity contribution in [2.45, 2.75) is 26.7 Å². The summed E-state index contributed by atoms with van der Waals surface area (Å²) in [5.74, 6) is 1.08. The van der Waals surface area contributed by atoms with Gasteiger partial charge in [0.15, 0.2) is 5.78 Å². The predicted octanol–water partition coefficient (Wildman–Crippen LogP) is 6.05. The van der Waals surface area contributed by atoms with Crippen LogP contribution in [-0.2, 0) is 0 Å². The molecule has 156 valence electrons. The zero-order valence-electron chi connectivity index (χ0n) is 17.0. The van der Waals surface area contributed by atoms with E-state index >= 15 is 0 Å². The lowest BCUT2D eigenvalue weighted by Gasteiger charge is -2.38. The van der Waals surface area contributed by atoms with Crippen molar-refractivity contribution in [2.24, 2.45) is 0 Å². The average molecular weight is 470 g/mol. The van der Waals surface area contributed by atoms with Crippen LogP contribution in [0.1, 0.15) is 37.0 Å². The Morgan fingerprint density at radius 1 is 1.28 bits per heavy atom. The lowest BCUT2D eigenvalue weighted by molar-refractivity contribution is 0.102. The maximum absolute atomic E-state index is 12.6. The molecule has 0 aliphatic carbocycles. The minimum absolute atomic E-state index is 0.0164. The van der Waals surface area contributed by atoms with Gasteiger partial charge in [0, 0.05) is 25.4 Å². The number of carbonyl (C=O) groups is 1. The summed E-state index contributed by atoms with van der Waals surface area (Å²) in [6.07, 6.45) is 4.00. The van der Waals surface area contributed by atoms with Crippen LogP contribution in [0.3, 0.4) is 0 Å². The van der Waals surface area contributed by atoms with E-state index in [1.54, 1.807) is 18.2 Å². The fourth-order valence-electron chi connectivity index (χ4n) is 2.61. The van der Waals surface area contributed by atoms with Crippen molar-refractivity contribution in [2.75, 3.05) is 19.8 Å². The molecule has 1 aromatic rings. The predicted molar refractivity (Wildman–Crippen MR) is 129 cm³/mol. The van der Waals surface area contributed by atoms with E-state index in [1.165, 1.54) is 11.8 Å². The van der Waals surface area contributed by atoms with Gasteiger partial charge in [-0.3, -0.25) is 4.79 Å². The molecule has 1 heterocycles. The van der Waals surface area contributed by atoms with E-state index in [4.69, 9.17) is 35.4 Å². The van der Waals surface area contributed by atoms with Crippen molar-refractivity contribution >= 4 is 58.0 Å². The molecule has 0 bridgehead atoms. The molecular weight excluding hydrogens is 445 g/mol. The molecule has 29 heavy (non-hydrogen) atoms. The number of benzene rings is 1. The van der Waals surface area contributed by atoms with Gasteiger partial charge in [-0.25, -0.2) is 0 Å². The molecule has 0 fully saturated rings. The van der Waals surface area contributed by atoms with E-state index in [9.17, 15) is 4.79 Å². The summed E-state index contributed by atoms with van der Waals surface area (Å²) in [7, 11) is 3.85. The van der Waals surface area contributed by atoms with Crippen LogP contribution >= 0.6 is 47.2 Å². The van der Waals surface area contributed by atoms with Gasteiger partial charge in [0.1, 0.15) is 10.8 Å². The summed E-state index contributed by atoms with van der Waals surface area (Å²) in [4.78, 5) is 17.1. The van der Waals surface area contributed by atoms with E-state index in [-0.39, 0.29) is 11.5 Å². The van der Waals surface area contributed by atoms with Crippen LogP contribution in [0.25, 0.3) is 0 Å². The molecule has 0 saturated heterocycles. The molecule has 0 spiro atoms. The Kier molecular flexibility index (Phi) is 8.64. The number of likely N-dealkylation sites (N-methyl/N-ethyl adjacent to an activating group) is 1. The molecule has 0 atom stereocenters. The summed E-state index contributed by atoms with van der Waals surface area (Å²) in [5.41, 5.74) is 2.37. The first-order chi connectivity index (χ1) is 13.7. The van der Waals surface area contributed by atoms with E-state index in [1.807, 2.05) is 30.8 Å². The highest BCUT2D eigenvalue weighted by atomic mass is 35.5. The molecule has 0 aromatic heterocycles. The van der Waals surface area contributed by atoms with Crippen molar-refractivity contribution in [3.8, 4) is 0 Å².